The molecule has 0 saturated heterocycles. The van der Waals surface area contributed by atoms with Gasteiger partial charge in [0.05, 0.1) is 11.5 Å². The van der Waals surface area contributed by atoms with Gasteiger partial charge in [0.1, 0.15) is 12.3 Å². The van der Waals surface area contributed by atoms with E-state index in [4.69, 9.17) is 4.74 Å². The molecule has 0 unspecified atom stereocenters. The predicted molar refractivity (Wildman–Crippen MR) is 173 cm³/mol. The zero-order valence-corrected chi connectivity index (χ0v) is 27.3. The summed E-state index contributed by atoms with van der Waals surface area (Å²) in [6.07, 6.45) is 18.1. The molecule has 1 aromatic heterocycles. The molecule has 1 heterocycles. The summed E-state index contributed by atoms with van der Waals surface area (Å²) >= 11 is 0. The maximum Gasteiger partial charge on any atom is 0.243 e. The van der Waals surface area contributed by atoms with E-state index in [1.165, 1.54) is 57.8 Å². The monoisotopic (exact) mass is 593 g/mol. The number of hydrogen-bond acceptors (Lipinski definition) is 3. The molecule has 0 spiro atoms. The minimum atomic E-state index is -3.70. The van der Waals surface area contributed by atoms with Crippen molar-refractivity contribution in [3.8, 4) is 5.75 Å². The van der Waals surface area contributed by atoms with E-state index in [2.05, 4.69) is 18.4 Å². The molecule has 2 aromatic carbocycles. The summed E-state index contributed by atoms with van der Waals surface area (Å²) in [7, 11) is -3.70. The third-order valence-corrected chi connectivity index (χ3v) is 9.69. The van der Waals surface area contributed by atoms with Gasteiger partial charge in [0.2, 0.25) is 10.0 Å². The first kappa shape index (κ1) is 33.8. The van der Waals surface area contributed by atoms with E-state index < -0.39 is 10.0 Å². The van der Waals surface area contributed by atoms with Crippen LogP contribution in [0.4, 0.5) is 0 Å². The summed E-state index contributed by atoms with van der Waals surface area (Å²) in [5, 5.41) is 0. The molecule has 3 aromatic rings. The van der Waals surface area contributed by atoms with Crippen molar-refractivity contribution in [2.24, 2.45) is 0 Å². The van der Waals surface area contributed by atoms with E-state index in [1.807, 2.05) is 68.7 Å². The van der Waals surface area contributed by atoms with Crippen molar-refractivity contribution in [3.63, 3.8) is 0 Å². The molecule has 0 amide bonds. The van der Waals surface area contributed by atoms with Crippen LogP contribution in [-0.2, 0) is 29.7 Å². The van der Waals surface area contributed by atoms with Gasteiger partial charge in [-0.05, 0) is 61.2 Å². The fourth-order valence-corrected chi connectivity index (χ4v) is 6.60. The summed E-state index contributed by atoms with van der Waals surface area (Å²) in [5.74, 6) is 0.851. The van der Waals surface area contributed by atoms with E-state index >= 15 is 0 Å². The van der Waals surface area contributed by atoms with E-state index in [1.54, 1.807) is 16.4 Å². The Morgan fingerprint density at radius 1 is 0.714 bits per heavy atom. The normalized spacial score (nSPS) is 11.7. The lowest BCUT2D eigenvalue weighted by Gasteiger charge is -2.23. The number of pyridine rings is 1. The molecule has 0 N–H and O–H groups in total. The van der Waals surface area contributed by atoms with Crippen molar-refractivity contribution in [3.05, 3.63) is 89.2 Å². The van der Waals surface area contributed by atoms with E-state index in [9.17, 15) is 8.42 Å². The second kappa shape index (κ2) is 18.1. The third kappa shape index (κ3) is 11.2. The zero-order valence-electron chi connectivity index (χ0n) is 26.5. The minimum absolute atomic E-state index is 0.296. The number of benzene rings is 2. The zero-order chi connectivity index (χ0) is 30.2. The van der Waals surface area contributed by atoms with Gasteiger partial charge in [0, 0.05) is 31.6 Å². The largest absolute Gasteiger partial charge is 0.494 e. The number of aryl methyl sites for hydroxylation is 3. The van der Waals surface area contributed by atoms with Gasteiger partial charge in [-0.25, -0.2) is 13.0 Å². The Morgan fingerprint density at radius 2 is 1.33 bits per heavy atom. The van der Waals surface area contributed by atoms with Crippen molar-refractivity contribution in [2.45, 2.75) is 123 Å². The number of ether oxygens (including phenoxy) is 1. The van der Waals surface area contributed by atoms with Crippen LogP contribution in [0.1, 0.15) is 107 Å². The average molecular weight is 594 g/mol. The molecule has 230 valence electrons. The number of hydrogen-bond donors (Lipinski definition) is 0. The Hall–Kier alpha value is -2.70. The Bertz CT molecular complexity index is 1290. The van der Waals surface area contributed by atoms with Crippen LogP contribution in [0.3, 0.4) is 0 Å². The summed E-state index contributed by atoms with van der Waals surface area (Å²) in [6, 6.07) is 17.2. The van der Waals surface area contributed by atoms with Crippen LogP contribution >= 0.6 is 0 Å². The number of unbranched alkanes of at least 4 members (excludes halogenated alkanes) is 9. The first-order chi connectivity index (χ1) is 20.3. The molecule has 0 aliphatic carbocycles. The van der Waals surface area contributed by atoms with E-state index in [0.29, 0.717) is 18.0 Å². The molecule has 42 heavy (non-hydrogen) atoms. The van der Waals surface area contributed by atoms with Crippen LogP contribution < -0.4 is 9.30 Å². The molecule has 5 nitrogen and oxygen atoms in total. The number of sulfonamides is 1. The van der Waals surface area contributed by atoms with Crippen LogP contribution in [0.15, 0.2) is 71.9 Å². The van der Waals surface area contributed by atoms with Gasteiger partial charge in [-0.1, -0.05) is 95.4 Å². The molecule has 0 saturated carbocycles. The van der Waals surface area contributed by atoms with Crippen molar-refractivity contribution < 1.29 is 17.7 Å². The van der Waals surface area contributed by atoms with Gasteiger partial charge in [-0.15, -0.1) is 0 Å². The first-order valence-corrected chi connectivity index (χ1v) is 17.5. The van der Waals surface area contributed by atoms with E-state index in [-0.39, 0.29) is 0 Å². The molecule has 0 atom stereocenters. The van der Waals surface area contributed by atoms with Crippen LogP contribution in [0.2, 0.25) is 0 Å². The van der Waals surface area contributed by atoms with Gasteiger partial charge in [0.15, 0.2) is 12.4 Å². The first-order valence-electron chi connectivity index (χ1n) is 16.1. The van der Waals surface area contributed by atoms with Gasteiger partial charge in [-0.3, -0.25) is 0 Å². The Balaban J connectivity index is 1.59. The van der Waals surface area contributed by atoms with Crippen molar-refractivity contribution in [2.75, 3.05) is 6.61 Å². The Labute approximate surface area is 256 Å². The molecular formula is C36H53N2O3S+. The fraction of sp³-hybridized carbons (Fsp3) is 0.528. The highest BCUT2D eigenvalue weighted by Gasteiger charge is 2.26. The lowest BCUT2D eigenvalue weighted by Crippen LogP contribution is -2.33. The maximum absolute atomic E-state index is 13.8. The maximum atomic E-state index is 13.8. The van der Waals surface area contributed by atoms with Crippen LogP contribution in [0, 0.1) is 13.8 Å². The van der Waals surface area contributed by atoms with Gasteiger partial charge in [-0.2, -0.15) is 4.31 Å². The quantitative estimate of drug-likeness (QED) is 0.0973. The number of nitrogens with zero attached hydrogens (tertiary/aromatic N) is 2. The second-order valence-corrected chi connectivity index (χ2v) is 13.6. The highest BCUT2D eigenvalue weighted by Crippen LogP contribution is 2.25. The summed E-state index contributed by atoms with van der Waals surface area (Å²) in [6.45, 7) is 10.7. The highest BCUT2D eigenvalue weighted by molar-refractivity contribution is 7.89. The number of aromatic nitrogens is 1. The SMILES string of the molecule is CCCCCCCCCCCCOc1ccc(CN(Cc2cc[n+](CCC)cc2)S(=O)(=O)c2ccc(C)cc2)c(C)c1. The highest BCUT2D eigenvalue weighted by atomic mass is 32.2. The van der Waals surface area contributed by atoms with Gasteiger partial charge < -0.3 is 4.74 Å². The van der Waals surface area contributed by atoms with Crippen LogP contribution in [-0.4, -0.2) is 19.3 Å². The molecular weight excluding hydrogens is 540 g/mol. The molecule has 0 radical (unpaired) electrons. The topological polar surface area (TPSA) is 50.5 Å². The summed E-state index contributed by atoms with van der Waals surface area (Å²) in [4.78, 5) is 0.319. The minimum Gasteiger partial charge on any atom is -0.494 e. The second-order valence-electron chi connectivity index (χ2n) is 11.6. The molecule has 0 bridgehead atoms. The molecule has 0 aliphatic rings. The number of rotatable bonds is 20. The summed E-state index contributed by atoms with van der Waals surface area (Å²) < 4.78 is 37.4. The Morgan fingerprint density at radius 3 is 1.93 bits per heavy atom. The van der Waals surface area contributed by atoms with Crippen molar-refractivity contribution in [1.29, 1.82) is 0 Å². The predicted octanol–water partition coefficient (Wildman–Crippen LogP) is 8.69. The lowest BCUT2D eigenvalue weighted by molar-refractivity contribution is -0.697. The standard InChI is InChI=1S/C36H53N2O3S/c1-5-7-8-9-10-11-12-13-14-15-27-41-35-19-18-34(32(4)28-35)30-38(29-33-22-25-37(24-6-2)26-23-33)42(39,40)36-20-16-31(3)17-21-36/h16-23,25-26,28H,5-15,24,27,29-30H2,1-4H3/q+1. The lowest BCUT2D eigenvalue weighted by atomic mass is 10.1. The Kier molecular flexibility index (Phi) is 14.5. The molecule has 0 fully saturated rings. The van der Waals surface area contributed by atoms with Crippen LogP contribution in [0.25, 0.3) is 0 Å². The van der Waals surface area contributed by atoms with Crippen LogP contribution in [0.5, 0.6) is 5.75 Å². The molecule has 0 aliphatic heterocycles. The van der Waals surface area contributed by atoms with E-state index in [0.717, 1.165) is 54.0 Å². The molecule has 6 heteroatoms. The average Bonchev–Trinajstić information content (AvgIpc) is 2.98. The fourth-order valence-electron chi connectivity index (χ4n) is 5.19. The summed E-state index contributed by atoms with van der Waals surface area (Å²) in [5.41, 5.74) is 4.02. The molecule has 3 rings (SSSR count). The van der Waals surface area contributed by atoms with Gasteiger partial charge >= 0.3 is 0 Å². The van der Waals surface area contributed by atoms with Crippen molar-refractivity contribution >= 4 is 10.0 Å². The third-order valence-electron chi connectivity index (χ3n) is 7.89. The van der Waals surface area contributed by atoms with Gasteiger partial charge in [0.25, 0.3) is 0 Å². The van der Waals surface area contributed by atoms with Crippen molar-refractivity contribution in [1.82, 2.24) is 4.31 Å². The smallest absolute Gasteiger partial charge is 0.243 e.